The number of benzene rings is 2. The first-order valence-electron chi connectivity index (χ1n) is 9.92. The molecule has 1 N–H and O–H groups in total. The number of carbonyl (C=O) groups is 1. The van der Waals surface area contributed by atoms with Gasteiger partial charge in [-0.15, -0.1) is 0 Å². The van der Waals surface area contributed by atoms with E-state index in [1.54, 1.807) is 15.9 Å². The second-order valence-electron chi connectivity index (χ2n) is 7.25. The summed E-state index contributed by atoms with van der Waals surface area (Å²) in [7, 11) is 1.81. The summed E-state index contributed by atoms with van der Waals surface area (Å²) in [4.78, 5) is 22.9. The highest BCUT2D eigenvalue weighted by Gasteiger charge is 2.17. The molecule has 8 nitrogen and oxygen atoms in total. The van der Waals surface area contributed by atoms with E-state index in [0.717, 1.165) is 28.1 Å². The minimum atomic E-state index is -0.107. The maximum absolute atomic E-state index is 12.7. The van der Waals surface area contributed by atoms with E-state index >= 15 is 0 Å². The molecule has 0 saturated carbocycles. The number of carbonyl (C=O) groups excluding carboxylic acids is 1. The predicted molar refractivity (Wildman–Crippen MR) is 115 cm³/mol. The molecule has 0 spiro atoms. The molecule has 1 atom stereocenters. The van der Waals surface area contributed by atoms with E-state index in [-0.39, 0.29) is 12.1 Å². The summed E-state index contributed by atoms with van der Waals surface area (Å²) >= 11 is 0. The molecule has 0 saturated heterocycles. The summed E-state index contributed by atoms with van der Waals surface area (Å²) in [6.07, 6.45) is 3.16. The summed E-state index contributed by atoms with van der Waals surface area (Å²) in [5, 5.41) is 7.14. The topological polar surface area (TPSA) is 80.9 Å². The first-order valence-corrected chi connectivity index (χ1v) is 9.92. The Labute approximate surface area is 175 Å². The minimum absolute atomic E-state index is 0.0643. The van der Waals surface area contributed by atoms with Crippen molar-refractivity contribution in [3.63, 3.8) is 0 Å². The van der Waals surface area contributed by atoms with Crippen LogP contribution in [-0.2, 0) is 6.54 Å². The molecular formula is C22H25N7O. The number of aryl methyl sites for hydroxylation is 1. The van der Waals surface area contributed by atoms with Gasteiger partial charge in [0.25, 0.3) is 0 Å². The number of urea groups is 1. The van der Waals surface area contributed by atoms with Crippen molar-refractivity contribution in [2.45, 2.75) is 26.4 Å². The Balaban J connectivity index is 1.35. The Morgan fingerprint density at radius 1 is 1.17 bits per heavy atom. The number of imidazole rings is 1. The third-order valence-corrected chi connectivity index (χ3v) is 5.42. The molecule has 0 aliphatic rings. The molecule has 1 unspecified atom stereocenters. The van der Waals surface area contributed by atoms with Crippen LogP contribution in [0.3, 0.4) is 0 Å². The van der Waals surface area contributed by atoms with E-state index in [9.17, 15) is 4.79 Å². The molecule has 4 rings (SSSR count). The molecule has 0 fully saturated rings. The van der Waals surface area contributed by atoms with Crippen LogP contribution in [0.1, 0.15) is 24.4 Å². The fraction of sp³-hybridized carbons (Fsp3) is 0.273. The molecule has 2 aromatic heterocycles. The summed E-state index contributed by atoms with van der Waals surface area (Å²) < 4.78 is 3.83. The lowest BCUT2D eigenvalue weighted by Gasteiger charge is -2.26. The Morgan fingerprint density at radius 2 is 1.93 bits per heavy atom. The second kappa shape index (κ2) is 8.36. The average molecular weight is 403 g/mol. The minimum Gasteiger partial charge on any atom is -0.336 e. The molecule has 8 heteroatoms. The molecule has 0 aliphatic heterocycles. The van der Waals surface area contributed by atoms with Crippen LogP contribution in [0, 0.1) is 6.92 Å². The summed E-state index contributed by atoms with van der Waals surface area (Å²) in [6, 6.07) is 15.8. The quantitative estimate of drug-likeness (QED) is 0.535. The monoisotopic (exact) mass is 403 g/mol. The average Bonchev–Trinajstić information content (AvgIpc) is 3.41. The number of hydrogen-bond acceptors (Lipinski definition) is 4. The number of nitrogens with zero attached hydrogens (tertiary/aromatic N) is 6. The van der Waals surface area contributed by atoms with Gasteiger partial charge in [0, 0.05) is 20.1 Å². The lowest BCUT2D eigenvalue weighted by atomic mass is 10.1. The van der Waals surface area contributed by atoms with Gasteiger partial charge < -0.3 is 14.8 Å². The van der Waals surface area contributed by atoms with Crippen molar-refractivity contribution in [3.05, 3.63) is 72.6 Å². The summed E-state index contributed by atoms with van der Waals surface area (Å²) in [5.41, 5.74) is 4.03. The molecule has 30 heavy (non-hydrogen) atoms. The van der Waals surface area contributed by atoms with Gasteiger partial charge in [0.15, 0.2) is 0 Å². The summed E-state index contributed by atoms with van der Waals surface area (Å²) in [5.74, 6) is 0.944. The molecule has 154 valence electrons. The van der Waals surface area contributed by atoms with Gasteiger partial charge in [0.05, 0.1) is 22.8 Å². The lowest BCUT2D eigenvalue weighted by Crippen LogP contribution is -2.40. The van der Waals surface area contributed by atoms with Crippen molar-refractivity contribution < 1.29 is 4.79 Å². The van der Waals surface area contributed by atoms with Gasteiger partial charge in [0.2, 0.25) is 0 Å². The SMILES string of the molecule is Cc1nc2ccccc2n1CCNC(=O)N(C)C(C)c1ccc(-n2cncn2)cc1. The zero-order valence-electron chi connectivity index (χ0n) is 17.4. The van der Waals surface area contributed by atoms with Gasteiger partial charge >= 0.3 is 6.03 Å². The van der Waals surface area contributed by atoms with Crippen LogP contribution in [0.5, 0.6) is 0 Å². The van der Waals surface area contributed by atoms with E-state index in [2.05, 4.69) is 25.0 Å². The smallest absolute Gasteiger partial charge is 0.317 e. The fourth-order valence-corrected chi connectivity index (χ4v) is 3.52. The van der Waals surface area contributed by atoms with Gasteiger partial charge in [-0.05, 0) is 43.7 Å². The molecule has 0 aliphatic carbocycles. The molecule has 2 aromatic carbocycles. The van der Waals surface area contributed by atoms with Crippen molar-refractivity contribution in [1.82, 2.24) is 34.5 Å². The number of nitrogens with one attached hydrogen (secondary N) is 1. The van der Waals surface area contributed by atoms with Crippen molar-refractivity contribution >= 4 is 17.1 Å². The number of para-hydroxylation sites is 2. The van der Waals surface area contributed by atoms with Gasteiger partial charge in [-0.3, -0.25) is 0 Å². The molecule has 0 bridgehead atoms. The number of fused-ring (bicyclic) bond motifs is 1. The number of amides is 2. The third-order valence-electron chi connectivity index (χ3n) is 5.42. The predicted octanol–water partition coefficient (Wildman–Crippen LogP) is 3.33. The van der Waals surface area contributed by atoms with E-state index < -0.39 is 0 Å². The molecular weight excluding hydrogens is 378 g/mol. The first-order chi connectivity index (χ1) is 14.5. The molecule has 0 radical (unpaired) electrons. The van der Waals surface area contributed by atoms with Gasteiger partial charge in [0.1, 0.15) is 18.5 Å². The number of aromatic nitrogens is 5. The van der Waals surface area contributed by atoms with E-state index in [4.69, 9.17) is 0 Å². The third kappa shape index (κ3) is 3.89. The zero-order chi connectivity index (χ0) is 21.1. The Kier molecular flexibility index (Phi) is 5.47. The van der Waals surface area contributed by atoms with Crippen molar-refractivity contribution in [3.8, 4) is 5.69 Å². The highest BCUT2D eigenvalue weighted by Crippen LogP contribution is 2.20. The number of rotatable bonds is 6. The first kappa shape index (κ1) is 19.6. The van der Waals surface area contributed by atoms with Gasteiger partial charge in [-0.25, -0.2) is 19.4 Å². The molecule has 2 amide bonds. The highest BCUT2D eigenvalue weighted by atomic mass is 16.2. The van der Waals surface area contributed by atoms with Crippen LogP contribution in [0.2, 0.25) is 0 Å². The summed E-state index contributed by atoms with van der Waals surface area (Å²) in [6.45, 7) is 5.20. The van der Waals surface area contributed by atoms with Crippen LogP contribution in [0.15, 0.2) is 61.2 Å². The van der Waals surface area contributed by atoms with Crippen LogP contribution in [0.4, 0.5) is 4.79 Å². The standard InChI is InChI=1S/C22H25N7O/c1-16(18-8-10-19(11-9-18)29-15-23-14-25-29)27(3)22(30)24-12-13-28-17(2)26-20-6-4-5-7-21(20)28/h4-11,14-16H,12-13H2,1-3H3,(H,24,30). The van der Waals surface area contributed by atoms with Gasteiger partial charge in [-0.1, -0.05) is 24.3 Å². The van der Waals surface area contributed by atoms with E-state index in [1.165, 1.54) is 6.33 Å². The fourth-order valence-electron chi connectivity index (χ4n) is 3.52. The molecule has 2 heterocycles. The Hall–Kier alpha value is -3.68. The normalized spacial score (nSPS) is 12.1. The van der Waals surface area contributed by atoms with Gasteiger partial charge in [-0.2, -0.15) is 5.10 Å². The van der Waals surface area contributed by atoms with Crippen molar-refractivity contribution in [1.29, 1.82) is 0 Å². The largest absolute Gasteiger partial charge is 0.336 e. The maximum atomic E-state index is 12.7. The highest BCUT2D eigenvalue weighted by molar-refractivity contribution is 5.76. The van der Waals surface area contributed by atoms with Crippen LogP contribution in [0.25, 0.3) is 16.7 Å². The Bertz CT molecular complexity index is 1130. The van der Waals surface area contributed by atoms with Crippen molar-refractivity contribution in [2.24, 2.45) is 0 Å². The molecule has 4 aromatic rings. The van der Waals surface area contributed by atoms with Crippen LogP contribution >= 0.6 is 0 Å². The van der Waals surface area contributed by atoms with E-state index in [0.29, 0.717) is 13.1 Å². The maximum Gasteiger partial charge on any atom is 0.317 e. The second-order valence-corrected chi connectivity index (χ2v) is 7.25. The lowest BCUT2D eigenvalue weighted by molar-refractivity contribution is 0.194. The van der Waals surface area contributed by atoms with Crippen molar-refractivity contribution in [2.75, 3.05) is 13.6 Å². The zero-order valence-corrected chi connectivity index (χ0v) is 17.4. The Morgan fingerprint density at radius 3 is 2.67 bits per heavy atom. The van der Waals surface area contributed by atoms with Crippen LogP contribution < -0.4 is 5.32 Å². The number of hydrogen-bond donors (Lipinski definition) is 1. The van der Waals surface area contributed by atoms with E-state index in [1.807, 2.05) is 69.4 Å². The van der Waals surface area contributed by atoms with Crippen LogP contribution in [-0.4, -0.2) is 48.8 Å².